The van der Waals surface area contributed by atoms with Gasteiger partial charge in [-0.1, -0.05) is 25.2 Å². The van der Waals surface area contributed by atoms with Crippen molar-refractivity contribution in [1.82, 2.24) is 24.3 Å². The van der Waals surface area contributed by atoms with E-state index >= 15 is 0 Å². The predicted molar refractivity (Wildman–Crippen MR) is 135 cm³/mol. The molecule has 4 aromatic heterocycles. The lowest BCUT2D eigenvalue weighted by Gasteiger charge is -2.17. The van der Waals surface area contributed by atoms with E-state index in [9.17, 15) is 9.65 Å². The van der Waals surface area contributed by atoms with E-state index in [2.05, 4.69) is 23.0 Å². The van der Waals surface area contributed by atoms with Crippen molar-refractivity contribution in [3.8, 4) is 28.6 Å². The van der Waals surface area contributed by atoms with Crippen LogP contribution in [0.5, 0.6) is 0 Å². The molecule has 0 saturated carbocycles. The van der Waals surface area contributed by atoms with Crippen molar-refractivity contribution in [2.45, 2.75) is 26.7 Å². The van der Waals surface area contributed by atoms with Crippen molar-refractivity contribution in [2.75, 3.05) is 11.9 Å². The molecule has 0 N–H and O–H groups in total. The number of aryl methyl sites for hydroxylation is 2. The molecule has 174 valence electrons. The second-order valence-corrected chi connectivity index (χ2v) is 8.96. The van der Waals surface area contributed by atoms with E-state index in [0.29, 0.717) is 21.3 Å². The average molecular weight is 484 g/mol. The molecule has 4 heterocycles. The number of hydrogen-bond donors (Lipinski definition) is 0. The van der Waals surface area contributed by atoms with E-state index in [0.717, 1.165) is 47.0 Å². The average Bonchev–Trinajstić information content (AvgIpc) is 3.50. The fraction of sp³-hybridized carbons (Fsp3) is 0.192. The van der Waals surface area contributed by atoms with Gasteiger partial charge in [0.25, 0.3) is 0 Å². The molecule has 9 heteroatoms. The van der Waals surface area contributed by atoms with Gasteiger partial charge in [0.15, 0.2) is 5.13 Å². The Hall–Kier alpha value is -4.16. The minimum Gasteiger partial charge on any atom is -0.305 e. The van der Waals surface area contributed by atoms with Gasteiger partial charge < -0.3 is 4.90 Å². The van der Waals surface area contributed by atoms with Gasteiger partial charge in [-0.05, 0) is 49.2 Å². The Morgan fingerprint density at radius 3 is 2.43 bits per heavy atom. The number of hydrogen-bond acceptors (Lipinski definition) is 7. The van der Waals surface area contributed by atoms with E-state index in [1.54, 1.807) is 24.5 Å². The lowest BCUT2D eigenvalue weighted by Crippen LogP contribution is -2.13. The van der Waals surface area contributed by atoms with Crippen LogP contribution in [-0.4, -0.2) is 31.4 Å². The fourth-order valence-electron chi connectivity index (χ4n) is 3.93. The monoisotopic (exact) mass is 483 g/mol. The Bertz CT molecular complexity index is 1550. The predicted octanol–water partition coefficient (Wildman–Crippen LogP) is 5.82. The summed E-state index contributed by atoms with van der Waals surface area (Å²) in [5.41, 5.74) is 5.60. The molecule has 0 bridgehead atoms. The molecule has 0 aliphatic heterocycles. The summed E-state index contributed by atoms with van der Waals surface area (Å²) in [6.07, 6.45) is 7.15. The molecule has 0 aliphatic rings. The number of benzene rings is 1. The summed E-state index contributed by atoms with van der Waals surface area (Å²) in [4.78, 5) is 21.0. The van der Waals surface area contributed by atoms with Crippen LogP contribution in [0, 0.1) is 17.1 Å². The molecule has 0 fully saturated rings. The van der Waals surface area contributed by atoms with Crippen LogP contribution in [0.25, 0.3) is 28.2 Å². The molecule has 0 amide bonds. The summed E-state index contributed by atoms with van der Waals surface area (Å²) in [6, 6.07) is 12.2. The van der Waals surface area contributed by atoms with Gasteiger partial charge in [0.05, 0.1) is 23.3 Å². The largest absolute Gasteiger partial charge is 0.305 e. The van der Waals surface area contributed by atoms with Crippen LogP contribution in [0.1, 0.15) is 30.1 Å². The third-order valence-corrected chi connectivity index (χ3v) is 6.84. The van der Waals surface area contributed by atoms with Gasteiger partial charge in [0, 0.05) is 30.6 Å². The molecule has 0 unspecified atom stereocenters. The Balaban J connectivity index is 1.60. The van der Waals surface area contributed by atoms with E-state index in [1.807, 2.05) is 41.6 Å². The van der Waals surface area contributed by atoms with Crippen LogP contribution in [0.4, 0.5) is 15.3 Å². The van der Waals surface area contributed by atoms with Gasteiger partial charge in [0.1, 0.15) is 33.9 Å². The third-order valence-electron chi connectivity index (χ3n) is 5.80. The first-order valence-electron chi connectivity index (χ1n) is 11.2. The summed E-state index contributed by atoms with van der Waals surface area (Å²) >= 11 is 1.29. The van der Waals surface area contributed by atoms with Crippen molar-refractivity contribution in [3.63, 3.8) is 0 Å². The molecule has 5 aromatic rings. The number of halogens is 1. The van der Waals surface area contributed by atoms with Crippen molar-refractivity contribution >= 4 is 27.9 Å². The van der Waals surface area contributed by atoms with Gasteiger partial charge >= 0.3 is 0 Å². The number of nitriles is 1. The van der Waals surface area contributed by atoms with Crippen LogP contribution < -0.4 is 4.90 Å². The Morgan fingerprint density at radius 1 is 1.00 bits per heavy atom. The first-order chi connectivity index (χ1) is 17.0. The highest BCUT2D eigenvalue weighted by Crippen LogP contribution is 2.37. The number of imidazole rings is 1. The lowest BCUT2D eigenvalue weighted by molar-refractivity contribution is 0.628. The first kappa shape index (κ1) is 22.6. The number of thiazole rings is 1. The van der Waals surface area contributed by atoms with Crippen molar-refractivity contribution in [3.05, 3.63) is 77.1 Å². The fourth-order valence-corrected chi connectivity index (χ4v) is 4.78. The van der Waals surface area contributed by atoms with Gasteiger partial charge in [-0.15, -0.1) is 0 Å². The first-order valence-corrected chi connectivity index (χ1v) is 12.1. The number of fused-ring (bicyclic) bond motifs is 1. The third kappa shape index (κ3) is 4.13. The number of pyridine rings is 1. The summed E-state index contributed by atoms with van der Waals surface area (Å²) < 4.78 is 15.4. The lowest BCUT2D eigenvalue weighted by atomic mass is 10.1. The SMILES string of the molecule is CCc1cnc(-c2ccc3nc(CC)c(N(C)c4nc(-c5ccc(F)cc5)c(C#N)s4)n3c2)cn1. The molecule has 35 heavy (non-hydrogen) atoms. The summed E-state index contributed by atoms with van der Waals surface area (Å²) in [7, 11) is 1.92. The van der Waals surface area contributed by atoms with Gasteiger partial charge in [-0.25, -0.2) is 14.4 Å². The highest BCUT2D eigenvalue weighted by Gasteiger charge is 2.22. The second kappa shape index (κ2) is 9.24. The normalized spacial score (nSPS) is 11.1. The zero-order valence-corrected chi connectivity index (χ0v) is 20.3. The summed E-state index contributed by atoms with van der Waals surface area (Å²) in [6.45, 7) is 4.11. The van der Waals surface area contributed by atoms with E-state index in [4.69, 9.17) is 9.97 Å². The van der Waals surface area contributed by atoms with Crippen LogP contribution in [-0.2, 0) is 12.8 Å². The summed E-state index contributed by atoms with van der Waals surface area (Å²) in [5, 5.41) is 10.4. The van der Waals surface area contributed by atoms with Gasteiger partial charge in [0.2, 0.25) is 0 Å². The zero-order valence-electron chi connectivity index (χ0n) is 19.5. The summed E-state index contributed by atoms with van der Waals surface area (Å²) in [5.74, 6) is 0.536. The quantitative estimate of drug-likeness (QED) is 0.303. The number of rotatable bonds is 6. The molecule has 7 nitrogen and oxygen atoms in total. The van der Waals surface area contributed by atoms with Crippen LogP contribution in [0.3, 0.4) is 0 Å². The number of aromatic nitrogens is 5. The van der Waals surface area contributed by atoms with E-state index in [1.165, 1.54) is 23.5 Å². The van der Waals surface area contributed by atoms with Crippen LogP contribution >= 0.6 is 11.3 Å². The highest BCUT2D eigenvalue weighted by atomic mass is 32.1. The molecule has 0 radical (unpaired) electrons. The maximum atomic E-state index is 13.4. The standard InChI is InChI=1S/C26H22FN7S/c1-4-19-13-30-21(14-29-19)17-8-11-23-31-20(5-2)25(34(23)15-17)33(3)26-32-24(22(12-28)35-26)16-6-9-18(27)10-7-16/h6-11,13-15H,4-5H2,1-3H3. The highest BCUT2D eigenvalue weighted by molar-refractivity contribution is 7.16. The topological polar surface area (TPSA) is 83.0 Å². The molecular weight excluding hydrogens is 461 g/mol. The number of anilines is 2. The zero-order chi connectivity index (χ0) is 24.5. The molecule has 0 spiro atoms. The molecule has 0 atom stereocenters. The van der Waals surface area contributed by atoms with Crippen molar-refractivity contribution in [1.29, 1.82) is 5.26 Å². The Kier molecular flexibility index (Phi) is 5.97. The minimum absolute atomic E-state index is 0.331. The number of nitrogens with zero attached hydrogens (tertiary/aromatic N) is 7. The smallest absolute Gasteiger partial charge is 0.192 e. The maximum Gasteiger partial charge on any atom is 0.192 e. The van der Waals surface area contributed by atoms with Gasteiger partial charge in [-0.3, -0.25) is 14.4 Å². The molecule has 5 rings (SSSR count). The van der Waals surface area contributed by atoms with Crippen LogP contribution in [0.15, 0.2) is 55.0 Å². The molecule has 1 aromatic carbocycles. The van der Waals surface area contributed by atoms with E-state index in [-0.39, 0.29) is 5.82 Å². The van der Waals surface area contributed by atoms with Crippen LogP contribution in [0.2, 0.25) is 0 Å². The molecular formula is C26H22FN7S. The van der Waals surface area contributed by atoms with Crippen molar-refractivity contribution < 1.29 is 4.39 Å². The van der Waals surface area contributed by atoms with Gasteiger partial charge in [-0.2, -0.15) is 5.26 Å². The molecule has 0 saturated heterocycles. The maximum absolute atomic E-state index is 13.4. The Labute approximate surface area is 206 Å². The minimum atomic E-state index is -0.331. The molecule has 0 aliphatic carbocycles. The van der Waals surface area contributed by atoms with E-state index < -0.39 is 0 Å². The Morgan fingerprint density at radius 2 is 1.77 bits per heavy atom. The second-order valence-electron chi connectivity index (χ2n) is 7.98. The van der Waals surface area contributed by atoms with Crippen molar-refractivity contribution in [2.24, 2.45) is 0 Å².